The number of aromatic amines is 1. The summed E-state index contributed by atoms with van der Waals surface area (Å²) in [6.07, 6.45) is 8.09. The number of carbonyl (C=O) groups is 7. The van der Waals surface area contributed by atoms with Gasteiger partial charge in [-0.15, -0.1) is 0 Å². The molecule has 0 bridgehead atoms. The van der Waals surface area contributed by atoms with Crippen molar-refractivity contribution in [3.8, 4) is 0 Å². The van der Waals surface area contributed by atoms with Crippen LogP contribution in [0.2, 0.25) is 0 Å². The van der Waals surface area contributed by atoms with Crippen LogP contribution in [0, 0.1) is 23.7 Å². The Labute approximate surface area is 403 Å². The predicted molar refractivity (Wildman–Crippen MR) is 260 cm³/mol. The number of nitrogens with one attached hydrogen (secondary N) is 3. The van der Waals surface area contributed by atoms with E-state index in [1.807, 2.05) is 77.8 Å². The fraction of sp³-hybridized carbons (Fsp3) is 0.667. The van der Waals surface area contributed by atoms with Crippen molar-refractivity contribution >= 4 is 52.3 Å². The third kappa shape index (κ3) is 14.0. The van der Waals surface area contributed by atoms with Gasteiger partial charge in [0.05, 0.1) is 42.7 Å². The lowest BCUT2D eigenvalue weighted by atomic mass is 9.89. The average Bonchev–Trinajstić information content (AvgIpc) is 4.04. The molecule has 0 aliphatic carbocycles. The molecule has 17 heteroatoms. The Bertz CT molecular complexity index is 2050. The Kier molecular flexibility index (Phi) is 21.2. The Balaban J connectivity index is 1.40. The van der Waals surface area contributed by atoms with Crippen molar-refractivity contribution in [2.45, 2.75) is 149 Å². The summed E-state index contributed by atoms with van der Waals surface area (Å²) in [5, 5.41) is 16.8. The lowest BCUT2D eigenvalue weighted by Crippen LogP contribution is -2.60. The number of aromatic nitrogens is 1. The van der Waals surface area contributed by atoms with E-state index in [0.717, 1.165) is 35.7 Å². The highest BCUT2D eigenvalue weighted by Crippen LogP contribution is 2.30. The molecule has 378 valence electrons. The SMILES string of the molecule is CCC(C)C(C(CC(=O)N1CCC[C@H]1C(OC)C(C)C(=O)NC(Cc1c[nH]c2ccccc12)C(=O)O)OC)N(C)C(=O)C(NC(=O)C(C(C)C)N(C)CCCCCCN1C(=O)C=CC1=O)C(C)C. The number of rotatable bonds is 28. The second kappa shape index (κ2) is 26.0. The van der Waals surface area contributed by atoms with E-state index < -0.39 is 60.2 Å². The number of hydrogen-bond donors (Lipinski definition) is 4. The number of carbonyl (C=O) groups excluding carboxylic acids is 6. The molecular formula is C51H79N7O10. The molecule has 0 saturated carbocycles. The molecule has 2 aliphatic rings. The number of likely N-dealkylation sites (N-methyl/N-ethyl adjacent to an activating group) is 2. The summed E-state index contributed by atoms with van der Waals surface area (Å²) in [5.74, 6) is -4.16. The molecule has 0 spiro atoms. The number of methoxy groups -OCH3 is 2. The van der Waals surface area contributed by atoms with Crippen molar-refractivity contribution in [3.05, 3.63) is 48.2 Å². The topological polar surface area (TPSA) is 211 Å². The smallest absolute Gasteiger partial charge is 0.326 e. The van der Waals surface area contributed by atoms with Gasteiger partial charge < -0.3 is 40.0 Å². The van der Waals surface area contributed by atoms with Gasteiger partial charge in [0.2, 0.25) is 23.6 Å². The largest absolute Gasteiger partial charge is 0.480 e. The Morgan fingerprint density at radius 1 is 0.882 bits per heavy atom. The van der Waals surface area contributed by atoms with Crippen LogP contribution in [0.5, 0.6) is 0 Å². The second-order valence-corrected chi connectivity index (χ2v) is 19.5. The van der Waals surface area contributed by atoms with Gasteiger partial charge in [0.1, 0.15) is 12.1 Å². The number of hydrogen-bond acceptors (Lipinski definition) is 10. The number of H-pyrrole nitrogens is 1. The van der Waals surface area contributed by atoms with Crippen LogP contribution in [-0.4, -0.2) is 161 Å². The normalized spacial score (nSPS) is 18.8. The van der Waals surface area contributed by atoms with Gasteiger partial charge in [0.25, 0.3) is 11.8 Å². The first-order chi connectivity index (χ1) is 32.3. The van der Waals surface area contributed by atoms with E-state index in [1.165, 1.54) is 31.3 Å². The highest BCUT2D eigenvalue weighted by Gasteiger charge is 2.43. The molecule has 6 amide bonds. The first kappa shape index (κ1) is 55.5. The molecule has 1 saturated heterocycles. The van der Waals surface area contributed by atoms with E-state index in [2.05, 4.69) is 15.6 Å². The van der Waals surface area contributed by atoms with E-state index in [4.69, 9.17) is 9.47 Å². The molecule has 3 heterocycles. The van der Waals surface area contributed by atoms with Gasteiger partial charge in [-0.05, 0) is 68.7 Å². The quantitative estimate of drug-likeness (QED) is 0.0674. The van der Waals surface area contributed by atoms with Crippen molar-refractivity contribution in [2.24, 2.45) is 23.7 Å². The summed E-state index contributed by atoms with van der Waals surface area (Å²) >= 11 is 0. The summed E-state index contributed by atoms with van der Waals surface area (Å²) in [4.78, 5) is 103. The maximum Gasteiger partial charge on any atom is 0.326 e. The summed E-state index contributed by atoms with van der Waals surface area (Å²) in [5.41, 5.74) is 1.64. The zero-order chi connectivity index (χ0) is 50.4. The van der Waals surface area contributed by atoms with Gasteiger partial charge in [-0.1, -0.05) is 85.9 Å². The highest BCUT2D eigenvalue weighted by molar-refractivity contribution is 6.12. The average molecular weight is 950 g/mol. The lowest BCUT2D eigenvalue weighted by Gasteiger charge is -2.41. The number of carboxylic acids is 1. The van der Waals surface area contributed by atoms with Gasteiger partial charge in [-0.25, -0.2) is 4.79 Å². The summed E-state index contributed by atoms with van der Waals surface area (Å²) in [7, 11) is 6.64. The van der Waals surface area contributed by atoms with Crippen LogP contribution in [0.1, 0.15) is 105 Å². The number of ether oxygens (including phenoxy) is 2. The second-order valence-electron chi connectivity index (χ2n) is 19.5. The van der Waals surface area contributed by atoms with E-state index in [1.54, 1.807) is 30.0 Å². The van der Waals surface area contributed by atoms with Crippen molar-refractivity contribution in [1.29, 1.82) is 0 Å². The van der Waals surface area contributed by atoms with Crippen molar-refractivity contribution in [1.82, 2.24) is 35.2 Å². The van der Waals surface area contributed by atoms with Gasteiger partial charge in [-0.3, -0.25) is 38.6 Å². The summed E-state index contributed by atoms with van der Waals surface area (Å²) < 4.78 is 12.0. The Morgan fingerprint density at radius 2 is 1.54 bits per heavy atom. The Hall–Kier alpha value is -5.13. The molecule has 0 radical (unpaired) electrons. The zero-order valence-electron chi connectivity index (χ0n) is 42.3. The number of benzene rings is 1. The highest BCUT2D eigenvalue weighted by atomic mass is 16.5. The van der Waals surface area contributed by atoms with Crippen molar-refractivity contribution in [3.63, 3.8) is 0 Å². The van der Waals surface area contributed by atoms with Gasteiger partial charge in [-0.2, -0.15) is 0 Å². The van der Waals surface area contributed by atoms with Crippen LogP contribution in [-0.2, 0) is 49.5 Å². The number of nitrogens with zero attached hydrogens (tertiary/aromatic N) is 4. The molecule has 4 rings (SSSR count). The summed E-state index contributed by atoms with van der Waals surface area (Å²) in [6, 6.07) is 4.02. The Morgan fingerprint density at radius 3 is 2.15 bits per heavy atom. The fourth-order valence-electron chi connectivity index (χ4n) is 10.1. The number of aliphatic carboxylic acids is 1. The third-order valence-electron chi connectivity index (χ3n) is 14.1. The first-order valence-corrected chi connectivity index (χ1v) is 24.5. The zero-order valence-corrected chi connectivity index (χ0v) is 42.3. The lowest BCUT2D eigenvalue weighted by molar-refractivity contribution is -0.148. The minimum Gasteiger partial charge on any atom is -0.480 e. The predicted octanol–water partition coefficient (Wildman–Crippen LogP) is 4.78. The molecule has 2 aromatic rings. The number of unbranched alkanes of at least 4 members (excludes halogenated alkanes) is 3. The van der Waals surface area contributed by atoms with E-state index >= 15 is 0 Å². The van der Waals surface area contributed by atoms with Gasteiger partial charge in [0, 0.05) is 70.0 Å². The van der Waals surface area contributed by atoms with Crippen LogP contribution in [0.25, 0.3) is 10.9 Å². The molecule has 1 aromatic heterocycles. The monoisotopic (exact) mass is 950 g/mol. The number of imide groups is 1. The number of para-hydroxylation sites is 1. The number of fused-ring (bicyclic) bond motifs is 1. The molecule has 4 N–H and O–H groups in total. The minimum atomic E-state index is -1.19. The minimum absolute atomic E-state index is 0.0486. The molecule has 9 atom stereocenters. The molecule has 17 nitrogen and oxygen atoms in total. The molecule has 2 aliphatic heterocycles. The number of carboxylic acid groups (broad SMARTS) is 1. The number of amides is 6. The van der Waals surface area contributed by atoms with Crippen LogP contribution >= 0.6 is 0 Å². The maximum atomic E-state index is 14.6. The fourth-order valence-corrected chi connectivity index (χ4v) is 10.1. The van der Waals surface area contributed by atoms with Gasteiger partial charge >= 0.3 is 5.97 Å². The van der Waals surface area contributed by atoms with Crippen LogP contribution in [0.3, 0.4) is 0 Å². The van der Waals surface area contributed by atoms with E-state index in [-0.39, 0.29) is 60.1 Å². The van der Waals surface area contributed by atoms with Crippen LogP contribution < -0.4 is 10.6 Å². The molecule has 1 aromatic carbocycles. The van der Waals surface area contributed by atoms with E-state index in [0.29, 0.717) is 45.3 Å². The molecule has 1 fully saturated rings. The van der Waals surface area contributed by atoms with Crippen molar-refractivity contribution < 1.29 is 48.1 Å². The number of likely N-dealkylation sites (tertiary alicyclic amines) is 1. The third-order valence-corrected chi connectivity index (χ3v) is 14.1. The van der Waals surface area contributed by atoms with Crippen LogP contribution in [0.15, 0.2) is 42.6 Å². The molecular weight excluding hydrogens is 871 g/mol. The maximum absolute atomic E-state index is 14.6. The van der Waals surface area contributed by atoms with Crippen molar-refractivity contribution in [2.75, 3.05) is 47.9 Å². The standard InChI is InChI=1S/C51H79N7O10/c1-12-33(6)46(56(9)50(64)44(31(2)3)54-49(63)45(32(4)5)55(8)25-17-13-14-18-26-58-41(59)23-24-42(58)60)40(67-10)29-43(61)57-27-19-22-39(57)47(68-11)34(7)48(62)53-38(51(65)66)28-35-30-52-37-21-16-15-20-36(35)37/h15-16,20-21,23-24,30-34,38-40,44-47,52H,12-14,17-19,22,25-29H2,1-11H3,(H,53,62)(H,54,63)(H,65,66)/t33?,34?,38?,39-,40?,44?,45?,46?,47?/m0/s1. The van der Waals surface area contributed by atoms with Crippen LogP contribution in [0.4, 0.5) is 0 Å². The van der Waals surface area contributed by atoms with Gasteiger partial charge in [0.15, 0.2) is 0 Å². The first-order valence-electron chi connectivity index (χ1n) is 24.5. The summed E-state index contributed by atoms with van der Waals surface area (Å²) in [6.45, 7) is 14.9. The van der Waals surface area contributed by atoms with E-state index in [9.17, 15) is 38.7 Å². The molecule has 8 unspecified atom stereocenters. The molecule has 68 heavy (non-hydrogen) atoms.